The van der Waals surface area contributed by atoms with Crippen molar-refractivity contribution in [2.75, 3.05) is 26.2 Å². The number of likely N-dealkylation sites (tertiary alicyclic amines) is 1. The van der Waals surface area contributed by atoms with E-state index >= 15 is 0 Å². The largest absolute Gasteiger partial charge is 0.367 e. The summed E-state index contributed by atoms with van der Waals surface area (Å²) < 4.78 is 6.39. The second-order valence-electron chi connectivity index (χ2n) is 7.60. The van der Waals surface area contributed by atoms with Crippen LogP contribution in [0.4, 0.5) is 0 Å². The number of hydrogen-bond acceptors (Lipinski definition) is 2. The van der Waals surface area contributed by atoms with Gasteiger partial charge in [0.05, 0.1) is 6.61 Å². The van der Waals surface area contributed by atoms with E-state index in [9.17, 15) is 0 Å². The molecular weight excluding hydrogens is 342 g/mol. The molecule has 1 aliphatic rings. The highest BCUT2D eigenvalue weighted by Gasteiger charge is 2.21. The van der Waals surface area contributed by atoms with Crippen molar-refractivity contribution >= 4 is 0 Å². The fourth-order valence-corrected chi connectivity index (χ4v) is 4.16. The molecule has 0 N–H and O–H groups in total. The van der Waals surface area contributed by atoms with Crippen molar-refractivity contribution in [3.63, 3.8) is 0 Å². The van der Waals surface area contributed by atoms with Gasteiger partial charge in [-0.3, -0.25) is 0 Å². The molecule has 0 radical (unpaired) electrons. The molecule has 0 unspecified atom stereocenters. The highest BCUT2D eigenvalue weighted by Crippen LogP contribution is 2.28. The van der Waals surface area contributed by atoms with Crippen molar-refractivity contribution in [1.82, 2.24) is 4.90 Å². The molecule has 2 heteroatoms. The van der Waals surface area contributed by atoms with E-state index in [-0.39, 0.29) is 6.10 Å². The van der Waals surface area contributed by atoms with Crippen LogP contribution in [0.3, 0.4) is 0 Å². The maximum absolute atomic E-state index is 6.39. The average Bonchev–Trinajstić information content (AvgIpc) is 2.79. The fraction of sp³-hybridized carbons (Fsp3) is 0.308. The van der Waals surface area contributed by atoms with Gasteiger partial charge in [-0.1, -0.05) is 91.0 Å². The topological polar surface area (TPSA) is 12.5 Å². The van der Waals surface area contributed by atoms with Crippen molar-refractivity contribution in [2.45, 2.75) is 24.9 Å². The predicted octanol–water partition coefficient (Wildman–Crippen LogP) is 5.67. The molecule has 1 fully saturated rings. The Bertz CT molecular complexity index is 771. The summed E-state index contributed by atoms with van der Waals surface area (Å²) in [5, 5.41) is 0. The predicted molar refractivity (Wildman–Crippen MR) is 116 cm³/mol. The molecule has 0 bridgehead atoms. The van der Waals surface area contributed by atoms with Crippen molar-refractivity contribution in [3.05, 3.63) is 108 Å². The molecule has 0 amide bonds. The van der Waals surface area contributed by atoms with Gasteiger partial charge in [-0.25, -0.2) is 0 Å². The van der Waals surface area contributed by atoms with Gasteiger partial charge >= 0.3 is 0 Å². The zero-order chi connectivity index (χ0) is 19.0. The molecule has 0 saturated carbocycles. The van der Waals surface area contributed by atoms with E-state index in [4.69, 9.17) is 4.74 Å². The van der Waals surface area contributed by atoms with Gasteiger partial charge < -0.3 is 9.64 Å². The monoisotopic (exact) mass is 371 g/mol. The Morgan fingerprint density at radius 3 is 1.75 bits per heavy atom. The second kappa shape index (κ2) is 9.68. The first kappa shape index (κ1) is 18.9. The Balaban J connectivity index is 1.31. The second-order valence-corrected chi connectivity index (χ2v) is 7.60. The molecule has 0 aliphatic carbocycles. The molecule has 0 aromatic heterocycles. The zero-order valence-corrected chi connectivity index (χ0v) is 16.4. The van der Waals surface area contributed by atoms with E-state index in [1.807, 2.05) is 0 Å². The Hall–Kier alpha value is -2.42. The molecule has 1 heterocycles. The van der Waals surface area contributed by atoms with E-state index in [0.29, 0.717) is 5.92 Å². The SMILES string of the molecule is c1ccc(C2CCN(CCOC(c3ccccc3)c3ccccc3)CC2)cc1. The number of piperidine rings is 1. The third kappa shape index (κ3) is 4.89. The van der Waals surface area contributed by atoms with Crippen LogP contribution in [-0.4, -0.2) is 31.1 Å². The van der Waals surface area contributed by atoms with Gasteiger partial charge in [0, 0.05) is 6.54 Å². The van der Waals surface area contributed by atoms with Gasteiger partial charge in [-0.05, 0) is 48.5 Å². The van der Waals surface area contributed by atoms with Crippen LogP contribution in [0.2, 0.25) is 0 Å². The first-order valence-electron chi connectivity index (χ1n) is 10.4. The molecule has 28 heavy (non-hydrogen) atoms. The smallest absolute Gasteiger partial charge is 0.108 e. The van der Waals surface area contributed by atoms with E-state index in [1.54, 1.807) is 0 Å². The molecule has 144 valence electrons. The summed E-state index contributed by atoms with van der Waals surface area (Å²) in [5.41, 5.74) is 3.93. The zero-order valence-electron chi connectivity index (χ0n) is 16.4. The maximum Gasteiger partial charge on any atom is 0.108 e. The molecule has 1 aliphatic heterocycles. The van der Waals surface area contributed by atoms with E-state index in [0.717, 1.165) is 26.2 Å². The summed E-state index contributed by atoms with van der Waals surface area (Å²) >= 11 is 0. The van der Waals surface area contributed by atoms with Crippen LogP contribution in [0.1, 0.15) is 41.6 Å². The van der Waals surface area contributed by atoms with Gasteiger partial charge in [-0.15, -0.1) is 0 Å². The van der Waals surface area contributed by atoms with E-state index in [2.05, 4.69) is 95.9 Å². The molecule has 3 aromatic rings. The summed E-state index contributed by atoms with van der Waals surface area (Å²) in [6.07, 6.45) is 2.49. The van der Waals surface area contributed by atoms with Crippen molar-refractivity contribution in [3.8, 4) is 0 Å². The normalized spacial score (nSPS) is 15.8. The number of hydrogen-bond donors (Lipinski definition) is 0. The van der Waals surface area contributed by atoms with Crippen LogP contribution >= 0.6 is 0 Å². The average molecular weight is 372 g/mol. The summed E-state index contributed by atoms with van der Waals surface area (Å²) in [6.45, 7) is 4.07. The number of benzene rings is 3. The summed E-state index contributed by atoms with van der Waals surface area (Å²) in [7, 11) is 0. The van der Waals surface area contributed by atoms with Crippen molar-refractivity contribution in [2.24, 2.45) is 0 Å². The minimum Gasteiger partial charge on any atom is -0.367 e. The summed E-state index contributed by atoms with van der Waals surface area (Å²) in [5.74, 6) is 0.708. The van der Waals surface area contributed by atoms with E-state index in [1.165, 1.54) is 29.5 Å². The van der Waals surface area contributed by atoms with Gasteiger partial charge in [0.15, 0.2) is 0 Å². The van der Waals surface area contributed by atoms with Gasteiger partial charge in [0.25, 0.3) is 0 Å². The van der Waals surface area contributed by atoms with E-state index < -0.39 is 0 Å². The van der Waals surface area contributed by atoms with Gasteiger partial charge in [0.1, 0.15) is 6.10 Å². The van der Waals surface area contributed by atoms with Crippen LogP contribution in [-0.2, 0) is 4.74 Å². The maximum atomic E-state index is 6.39. The summed E-state index contributed by atoms with van der Waals surface area (Å²) in [4.78, 5) is 2.55. The Morgan fingerprint density at radius 1 is 0.714 bits per heavy atom. The Labute approximate surface area is 168 Å². The van der Waals surface area contributed by atoms with Crippen LogP contribution in [0.25, 0.3) is 0 Å². The lowest BCUT2D eigenvalue weighted by atomic mass is 9.89. The molecule has 4 rings (SSSR count). The third-order valence-corrected chi connectivity index (χ3v) is 5.76. The minimum absolute atomic E-state index is 0.00394. The third-order valence-electron chi connectivity index (χ3n) is 5.76. The first-order valence-corrected chi connectivity index (χ1v) is 10.4. The van der Waals surface area contributed by atoms with Crippen molar-refractivity contribution in [1.29, 1.82) is 0 Å². The molecular formula is C26H29NO. The minimum atomic E-state index is 0.00394. The molecule has 0 spiro atoms. The number of ether oxygens (including phenoxy) is 1. The molecule has 0 atom stereocenters. The number of nitrogens with zero attached hydrogens (tertiary/aromatic N) is 1. The molecule has 3 aromatic carbocycles. The lowest BCUT2D eigenvalue weighted by Crippen LogP contribution is -2.35. The van der Waals surface area contributed by atoms with Gasteiger partial charge in [0.2, 0.25) is 0 Å². The summed E-state index contributed by atoms with van der Waals surface area (Å²) in [6, 6.07) is 32.0. The number of rotatable bonds is 7. The first-order chi connectivity index (χ1) is 13.9. The van der Waals surface area contributed by atoms with Crippen LogP contribution in [0, 0.1) is 0 Å². The Kier molecular flexibility index (Phi) is 6.54. The highest BCUT2D eigenvalue weighted by molar-refractivity contribution is 5.29. The highest BCUT2D eigenvalue weighted by atomic mass is 16.5. The molecule has 1 saturated heterocycles. The van der Waals surface area contributed by atoms with Crippen LogP contribution < -0.4 is 0 Å². The lowest BCUT2D eigenvalue weighted by molar-refractivity contribution is 0.0543. The quantitative estimate of drug-likeness (QED) is 0.530. The van der Waals surface area contributed by atoms with Crippen LogP contribution in [0.15, 0.2) is 91.0 Å². The fourth-order valence-electron chi connectivity index (χ4n) is 4.16. The van der Waals surface area contributed by atoms with Crippen molar-refractivity contribution < 1.29 is 4.74 Å². The van der Waals surface area contributed by atoms with Gasteiger partial charge in [-0.2, -0.15) is 0 Å². The lowest BCUT2D eigenvalue weighted by Gasteiger charge is -2.32. The Morgan fingerprint density at radius 2 is 1.21 bits per heavy atom. The standard InChI is InChI=1S/C26H29NO/c1-4-10-22(11-5-1)23-16-18-27(19-17-23)20-21-28-26(24-12-6-2-7-13-24)25-14-8-3-9-15-25/h1-15,23,26H,16-21H2. The van der Waals surface area contributed by atoms with Crippen LogP contribution in [0.5, 0.6) is 0 Å². The molecule has 2 nitrogen and oxygen atoms in total.